The maximum absolute atomic E-state index is 12.2. The summed E-state index contributed by atoms with van der Waals surface area (Å²) in [7, 11) is -2.08. The largest absolute Gasteiger partial charge is 0.497 e. The zero-order chi connectivity index (χ0) is 14.6. The lowest BCUT2D eigenvalue weighted by Gasteiger charge is -2.09. The molecule has 0 radical (unpaired) electrons. The first kappa shape index (κ1) is 14.7. The number of benzene rings is 2. The highest BCUT2D eigenvalue weighted by Crippen LogP contribution is 2.20. The Bertz CT molecular complexity index is 684. The molecule has 0 aliphatic carbocycles. The molecule has 0 aliphatic heterocycles. The first-order valence-corrected chi connectivity index (χ1v) is 7.89. The van der Waals surface area contributed by atoms with Crippen molar-refractivity contribution in [1.82, 2.24) is 0 Å². The Hall–Kier alpha value is -1.72. The van der Waals surface area contributed by atoms with Crippen LogP contribution in [0, 0.1) is 0 Å². The van der Waals surface area contributed by atoms with Gasteiger partial charge in [-0.15, -0.1) is 11.6 Å². The van der Waals surface area contributed by atoms with Crippen LogP contribution >= 0.6 is 11.6 Å². The minimum Gasteiger partial charge on any atom is -0.497 e. The number of rotatable bonds is 5. The molecule has 2 aromatic carbocycles. The van der Waals surface area contributed by atoms with E-state index in [0.29, 0.717) is 17.3 Å². The molecule has 0 bridgehead atoms. The van der Waals surface area contributed by atoms with Crippen LogP contribution in [0.4, 0.5) is 5.69 Å². The summed E-state index contributed by atoms with van der Waals surface area (Å²) in [6.07, 6.45) is 0. The van der Waals surface area contributed by atoms with Gasteiger partial charge in [-0.1, -0.05) is 12.1 Å². The van der Waals surface area contributed by atoms with Gasteiger partial charge >= 0.3 is 0 Å². The highest BCUT2D eigenvalue weighted by molar-refractivity contribution is 7.92. The van der Waals surface area contributed by atoms with E-state index in [1.165, 1.54) is 19.2 Å². The maximum atomic E-state index is 12.2. The second kappa shape index (κ2) is 6.15. The van der Waals surface area contributed by atoms with Crippen molar-refractivity contribution in [3.05, 3.63) is 54.1 Å². The quantitative estimate of drug-likeness (QED) is 0.862. The van der Waals surface area contributed by atoms with Gasteiger partial charge in [-0.3, -0.25) is 4.72 Å². The fraction of sp³-hybridized carbons (Fsp3) is 0.143. The summed E-state index contributed by atoms with van der Waals surface area (Å²) in [5.74, 6) is 0.936. The van der Waals surface area contributed by atoms with Crippen LogP contribution in [0.3, 0.4) is 0 Å². The molecular formula is C14H14ClNO3S. The van der Waals surface area contributed by atoms with Crippen molar-refractivity contribution in [3.8, 4) is 5.75 Å². The number of hydrogen-bond donors (Lipinski definition) is 1. The molecule has 2 aromatic rings. The number of hydrogen-bond acceptors (Lipinski definition) is 3. The van der Waals surface area contributed by atoms with Crippen LogP contribution in [0.2, 0.25) is 0 Å². The molecule has 0 fully saturated rings. The van der Waals surface area contributed by atoms with Crippen LogP contribution in [0.15, 0.2) is 53.4 Å². The van der Waals surface area contributed by atoms with Crippen molar-refractivity contribution in [2.24, 2.45) is 0 Å². The first-order valence-electron chi connectivity index (χ1n) is 5.87. The van der Waals surface area contributed by atoms with Gasteiger partial charge in [-0.25, -0.2) is 8.42 Å². The van der Waals surface area contributed by atoms with Crippen LogP contribution in [-0.4, -0.2) is 15.5 Å². The number of halogens is 1. The van der Waals surface area contributed by atoms with E-state index in [1.54, 1.807) is 30.3 Å². The lowest BCUT2D eigenvalue weighted by atomic mass is 10.2. The first-order chi connectivity index (χ1) is 9.55. The summed E-state index contributed by atoms with van der Waals surface area (Å²) in [4.78, 5) is 0.176. The smallest absolute Gasteiger partial charge is 0.261 e. The number of sulfonamides is 1. The summed E-state index contributed by atoms with van der Waals surface area (Å²) < 4.78 is 32.0. The van der Waals surface area contributed by atoms with Crippen molar-refractivity contribution < 1.29 is 13.2 Å². The predicted octanol–water partition coefficient (Wildman–Crippen LogP) is 3.23. The van der Waals surface area contributed by atoms with Gasteiger partial charge in [0, 0.05) is 11.6 Å². The summed E-state index contributed by atoms with van der Waals surface area (Å²) in [6.45, 7) is 0. The second-order valence-electron chi connectivity index (χ2n) is 4.12. The van der Waals surface area contributed by atoms with Crippen LogP contribution < -0.4 is 9.46 Å². The van der Waals surface area contributed by atoms with Gasteiger partial charge in [-0.05, 0) is 42.0 Å². The fourth-order valence-electron chi connectivity index (χ4n) is 1.69. The maximum Gasteiger partial charge on any atom is 0.261 e. The Morgan fingerprint density at radius 1 is 1.15 bits per heavy atom. The van der Waals surface area contributed by atoms with Gasteiger partial charge in [-0.2, -0.15) is 0 Å². The molecule has 4 nitrogen and oxygen atoms in total. The molecule has 0 aromatic heterocycles. The van der Waals surface area contributed by atoms with Crippen molar-refractivity contribution in [2.75, 3.05) is 11.8 Å². The molecule has 2 rings (SSSR count). The number of nitrogens with one attached hydrogen (secondary N) is 1. The highest BCUT2D eigenvalue weighted by Gasteiger charge is 2.14. The van der Waals surface area contributed by atoms with E-state index in [2.05, 4.69) is 4.72 Å². The summed E-state index contributed by atoms with van der Waals surface area (Å²) in [6, 6.07) is 13.2. The van der Waals surface area contributed by atoms with E-state index < -0.39 is 10.0 Å². The summed E-state index contributed by atoms with van der Waals surface area (Å²) in [5, 5.41) is 0. The molecule has 0 amide bonds. The molecule has 0 saturated heterocycles. The molecule has 0 aliphatic rings. The zero-order valence-electron chi connectivity index (χ0n) is 10.8. The van der Waals surface area contributed by atoms with Gasteiger partial charge in [0.2, 0.25) is 0 Å². The molecule has 106 valence electrons. The van der Waals surface area contributed by atoms with Gasteiger partial charge in [0.1, 0.15) is 5.75 Å². The van der Waals surface area contributed by atoms with Gasteiger partial charge in [0.15, 0.2) is 0 Å². The van der Waals surface area contributed by atoms with E-state index >= 15 is 0 Å². The Labute approximate surface area is 123 Å². The van der Waals surface area contributed by atoms with Crippen LogP contribution in [0.25, 0.3) is 0 Å². The standard InChI is InChI=1S/C14H14ClNO3S/c1-19-13-5-7-14(8-6-13)20(17,18)16-12-4-2-3-11(9-12)10-15/h2-9,16H,10H2,1H3. The Balaban J connectivity index is 2.25. The minimum absolute atomic E-state index is 0.176. The van der Waals surface area contributed by atoms with Crippen LogP contribution in [0.5, 0.6) is 5.75 Å². The van der Waals surface area contributed by atoms with Gasteiger partial charge in [0.05, 0.1) is 12.0 Å². The van der Waals surface area contributed by atoms with Gasteiger partial charge in [0.25, 0.3) is 10.0 Å². The minimum atomic E-state index is -3.61. The van der Waals surface area contributed by atoms with Crippen molar-refractivity contribution in [3.63, 3.8) is 0 Å². The molecule has 6 heteroatoms. The van der Waals surface area contributed by atoms with Crippen molar-refractivity contribution in [1.29, 1.82) is 0 Å². The average molecular weight is 312 g/mol. The van der Waals surface area contributed by atoms with E-state index in [-0.39, 0.29) is 4.90 Å². The average Bonchev–Trinajstić information content (AvgIpc) is 2.47. The highest BCUT2D eigenvalue weighted by atomic mass is 35.5. The van der Waals surface area contributed by atoms with Gasteiger partial charge < -0.3 is 4.74 Å². The second-order valence-corrected chi connectivity index (χ2v) is 6.06. The number of anilines is 1. The SMILES string of the molecule is COc1ccc(S(=O)(=O)Nc2cccc(CCl)c2)cc1. The Morgan fingerprint density at radius 2 is 1.85 bits per heavy atom. The lowest BCUT2D eigenvalue weighted by Crippen LogP contribution is -2.12. The molecule has 0 heterocycles. The fourth-order valence-corrected chi connectivity index (χ4v) is 2.90. The monoisotopic (exact) mass is 311 g/mol. The Kier molecular flexibility index (Phi) is 4.52. The Morgan fingerprint density at radius 3 is 2.45 bits per heavy atom. The third-order valence-electron chi connectivity index (χ3n) is 2.70. The molecule has 0 spiro atoms. The summed E-state index contributed by atoms with van der Waals surface area (Å²) >= 11 is 5.73. The van der Waals surface area contributed by atoms with E-state index in [1.807, 2.05) is 6.07 Å². The van der Waals surface area contributed by atoms with E-state index in [0.717, 1.165) is 5.56 Å². The topological polar surface area (TPSA) is 55.4 Å². The van der Waals surface area contributed by atoms with Crippen LogP contribution in [-0.2, 0) is 15.9 Å². The zero-order valence-corrected chi connectivity index (χ0v) is 12.4. The van der Waals surface area contributed by atoms with Crippen molar-refractivity contribution >= 4 is 27.3 Å². The molecule has 0 unspecified atom stereocenters. The molecular weight excluding hydrogens is 298 g/mol. The number of methoxy groups -OCH3 is 1. The van der Waals surface area contributed by atoms with Crippen molar-refractivity contribution in [2.45, 2.75) is 10.8 Å². The normalized spacial score (nSPS) is 11.1. The number of ether oxygens (including phenoxy) is 1. The number of alkyl halides is 1. The molecule has 0 saturated carbocycles. The third kappa shape index (κ3) is 3.43. The van der Waals surface area contributed by atoms with Crippen LogP contribution in [0.1, 0.15) is 5.56 Å². The molecule has 0 atom stereocenters. The lowest BCUT2D eigenvalue weighted by molar-refractivity contribution is 0.414. The van der Waals surface area contributed by atoms with E-state index in [9.17, 15) is 8.42 Å². The third-order valence-corrected chi connectivity index (χ3v) is 4.41. The van der Waals surface area contributed by atoms with E-state index in [4.69, 9.17) is 16.3 Å². The predicted molar refractivity (Wildman–Crippen MR) is 79.8 cm³/mol. The molecule has 20 heavy (non-hydrogen) atoms. The molecule has 1 N–H and O–H groups in total. The summed E-state index contributed by atoms with van der Waals surface area (Å²) in [5.41, 5.74) is 1.33.